The minimum absolute atomic E-state index is 0.0897. The van der Waals surface area contributed by atoms with Gasteiger partial charge < -0.3 is 9.88 Å². The highest BCUT2D eigenvalue weighted by molar-refractivity contribution is 5.77. The molecular weight excluding hydrogens is 308 g/mol. The molecule has 2 aromatic carbocycles. The van der Waals surface area contributed by atoms with E-state index in [-0.39, 0.29) is 11.8 Å². The van der Waals surface area contributed by atoms with E-state index < -0.39 is 0 Å². The summed E-state index contributed by atoms with van der Waals surface area (Å²) < 4.78 is 2.13. The number of carbonyl (C=O) groups is 1. The molecule has 25 heavy (non-hydrogen) atoms. The standard InChI is InChI=1S/C22H24N2O/c25-22(23-14-9-17-24-15-7-8-16-24)18-21(19-10-3-1-4-11-19)20-12-5-2-6-13-20/h1-8,10-13,15-16,21H,9,14,17-18H2,(H,23,25). The number of amides is 1. The van der Waals surface area contributed by atoms with E-state index in [1.165, 1.54) is 11.1 Å². The van der Waals surface area contributed by atoms with E-state index in [0.717, 1.165) is 13.0 Å². The SMILES string of the molecule is O=C(CC(c1ccccc1)c1ccccc1)NCCCn1cccc1. The van der Waals surface area contributed by atoms with Crippen LogP contribution in [0.2, 0.25) is 0 Å². The number of nitrogens with one attached hydrogen (secondary N) is 1. The molecule has 1 amide bonds. The van der Waals surface area contributed by atoms with Gasteiger partial charge in [0, 0.05) is 37.8 Å². The van der Waals surface area contributed by atoms with Crippen molar-refractivity contribution >= 4 is 5.91 Å². The summed E-state index contributed by atoms with van der Waals surface area (Å²) in [5.74, 6) is 0.192. The minimum atomic E-state index is 0.0897. The first-order chi connectivity index (χ1) is 12.3. The van der Waals surface area contributed by atoms with Crippen LogP contribution in [0.3, 0.4) is 0 Å². The number of aromatic nitrogens is 1. The Labute approximate surface area is 149 Å². The van der Waals surface area contributed by atoms with E-state index >= 15 is 0 Å². The van der Waals surface area contributed by atoms with Crippen molar-refractivity contribution in [3.8, 4) is 0 Å². The highest BCUT2D eigenvalue weighted by Gasteiger charge is 2.17. The smallest absolute Gasteiger partial charge is 0.220 e. The van der Waals surface area contributed by atoms with E-state index in [2.05, 4.69) is 34.1 Å². The highest BCUT2D eigenvalue weighted by Crippen LogP contribution is 2.27. The highest BCUT2D eigenvalue weighted by atomic mass is 16.1. The van der Waals surface area contributed by atoms with Crippen LogP contribution in [0.15, 0.2) is 85.2 Å². The zero-order chi connectivity index (χ0) is 17.3. The fraction of sp³-hybridized carbons (Fsp3) is 0.227. The van der Waals surface area contributed by atoms with Crippen molar-refractivity contribution in [1.82, 2.24) is 9.88 Å². The number of hydrogen-bond acceptors (Lipinski definition) is 1. The van der Waals surface area contributed by atoms with Gasteiger partial charge in [-0.25, -0.2) is 0 Å². The topological polar surface area (TPSA) is 34.0 Å². The van der Waals surface area contributed by atoms with Crippen LogP contribution in [0.25, 0.3) is 0 Å². The molecule has 0 unspecified atom stereocenters. The third-order valence-corrected chi connectivity index (χ3v) is 4.37. The summed E-state index contributed by atoms with van der Waals surface area (Å²) in [5, 5.41) is 3.06. The molecule has 3 nitrogen and oxygen atoms in total. The number of carbonyl (C=O) groups excluding carboxylic acids is 1. The van der Waals surface area contributed by atoms with Gasteiger partial charge in [-0.3, -0.25) is 4.79 Å². The van der Waals surface area contributed by atoms with Gasteiger partial charge in [0.1, 0.15) is 0 Å². The second-order valence-electron chi connectivity index (χ2n) is 6.20. The number of rotatable bonds is 8. The van der Waals surface area contributed by atoms with Crippen LogP contribution in [0.1, 0.15) is 29.9 Å². The van der Waals surface area contributed by atoms with Gasteiger partial charge in [0.05, 0.1) is 0 Å². The summed E-state index contributed by atoms with van der Waals surface area (Å²) in [6.45, 7) is 1.63. The summed E-state index contributed by atoms with van der Waals surface area (Å²) in [6.07, 6.45) is 5.49. The van der Waals surface area contributed by atoms with Gasteiger partial charge in [-0.2, -0.15) is 0 Å². The molecule has 0 radical (unpaired) electrons. The quantitative estimate of drug-likeness (QED) is 0.616. The fourth-order valence-electron chi connectivity index (χ4n) is 3.07. The summed E-state index contributed by atoms with van der Waals surface area (Å²) >= 11 is 0. The first-order valence-corrected chi connectivity index (χ1v) is 8.80. The lowest BCUT2D eigenvalue weighted by Gasteiger charge is -2.18. The summed E-state index contributed by atoms with van der Waals surface area (Å²) in [7, 11) is 0. The molecule has 0 saturated carbocycles. The molecule has 0 fully saturated rings. The Morgan fingerprint density at radius 2 is 1.40 bits per heavy atom. The second kappa shape index (κ2) is 8.88. The van der Waals surface area contributed by atoms with E-state index in [4.69, 9.17) is 0 Å². The van der Waals surface area contributed by atoms with Gasteiger partial charge >= 0.3 is 0 Å². The lowest BCUT2D eigenvalue weighted by molar-refractivity contribution is -0.121. The number of nitrogens with zero attached hydrogens (tertiary/aromatic N) is 1. The third-order valence-electron chi connectivity index (χ3n) is 4.37. The van der Waals surface area contributed by atoms with Crippen molar-refractivity contribution in [2.24, 2.45) is 0 Å². The van der Waals surface area contributed by atoms with Crippen molar-refractivity contribution in [3.05, 3.63) is 96.3 Å². The van der Waals surface area contributed by atoms with Crippen LogP contribution in [-0.4, -0.2) is 17.0 Å². The van der Waals surface area contributed by atoms with Crippen molar-refractivity contribution in [2.75, 3.05) is 6.54 Å². The molecule has 1 heterocycles. The first-order valence-electron chi connectivity index (χ1n) is 8.80. The van der Waals surface area contributed by atoms with E-state index in [0.29, 0.717) is 13.0 Å². The monoisotopic (exact) mass is 332 g/mol. The normalized spacial score (nSPS) is 10.8. The Hall–Kier alpha value is -2.81. The Kier molecular flexibility index (Phi) is 6.05. The second-order valence-corrected chi connectivity index (χ2v) is 6.20. The van der Waals surface area contributed by atoms with E-state index in [1.54, 1.807) is 0 Å². The summed E-state index contributed by atoms with van der Waals surface area (Å²) in [4.78, 5) is 12.4. The van der Waals surface area contributed by atoms with Gasteiger partial charge in [0.2, 0.25) is 5.91 Å². The summed E-state index contributed by atoms with van der Waals surface area (Å²) in [5.41, 5.74) is 2.35. The molecule has 0 saturated heterocycles. The lowest BCUT2D eigenvalue weighted by atomic mass is 9.88. The van der Waals surface area contributed by atoms with Crippen LogP contribution in [-0.2, 0) is 11.3 Å². The Bertz CT molecular complexity index is 712. The maximum atomic E-state index is 12.4. The molecule has 3 heteroatoms. The van der Waals surface area contributed by atoms with Crippen LogP contribution < -0.4 is 5.32 Å². The molecule has 1 aromatic heterocycles. The molecule has 1 N–H and O–H groups in total. The molecule has 0 spiro atoms. The molecule has 0 atom stereocenters. The molecular formula is C22H24N2O. The van der Waals surface area contributed by atoms with E-state index in [1.807, 2.05) is 60.9 Å². The van der Waals surface area contributed by atoms with Crippen molar-refractivity contribution in [2.45, 2.75) is 25.3 Å². The predicted octanol–water partition coefficient (Wildman–Crippen LogP) is 4.22. The van der Waals surface area contributed by atoms with E-state index in [9.17, 15) is 4.79 Å². The van der Waals surface area contributed by atoms with Gasteiger partial charge in [0.25, 0.3) is 0 Å². The molecule has 3 aromatic rings. The first kappa shape index (κ1) is 17.0. The zero-order valence-corrected chi connectivity index (χ0v) is 14.3. The fourth-order valence-corrected chi connectivity index (χ4v) is 3.07. The predicted molar refractivity (Wildman–Crippen MR) is 101 cm³/mol. The molecule has 0 bridgehead atoms. The van der Waals surface area contributed by atoms with Crippen molar-refractivity contribution in [3.63, 3.8) is 0 Å². The molecule has 3 rings (SSSR count). The molecule has 0 aliphatic heterocycles. The number of benzene rings is 2. The Morgan fingerprint density at radius 3 is 1.96 bits per heavy atom. The maximum Gasteiger partial charge on any atom is 0.220 e. The van der Waals surface area contributed by atoms with Crippen LogP contribution in [0.5, 0.6) is 0 Å². The van der Waals surface area contributed by atoms with Crippen LogP contribution in [0, 0.1) is 0 Å². The average molecular weight is 332 g/mol. The van der Waals surface area contributed by atoms with Crippen LogP contribution in [0.4, 0.5) is 0 Å². The zero-order valence-electron chi connectivity index (χ0n) is 14.3. The maximum absolute atomic E-state index is 12.4. The minimum Gasteiger partial charge on any atom is -0.356 e. The van der Waals surface area contributed by atoms with Gasteiger partial charge in [0.15, 0.2) is 0 Å². The average Bonchev–Trinajstić information content (AvgIpc) is 3.18. The lowest BCUT2D eigenvalue weighted by Crippen LogP contribution is -2.27. The summed E-state index contributed by atoms with van der Waals surface area (Å²) in [6, 6.07) is 24.5. The number of aryl methyl sites for hydroxylation is 1. The van der Waals surface area contributed by atoms with Crippen molar-refractivity contribution < 1.29 is 4.79 Å². The molecule has 0 aliphatic rings. The van der Waals surface area contributed by atoms with Crippen LogP contribution >= 0.6 is 0 Å². The Morgan fingerprint density at radius 1 is 0.840 bits per heavy atom. The third kappa shape index (κ3) is 5.08. The largest absolute Gasteiger partial charge is 0.356 e. The molecule has 0 aliphatic carbocycles. The molecule has 128 valence electrons. The van der Waals surface area contributed by atoms with Crippen molar-refractivity contribution in [1.29, 1.82) is 0 Å². The number of hydrogen-bond donors (Lipinski definition) is 1. The van der Waals surface area contributed by atoms with Gasteiger partial charge in [-0.05, 0) is 29.7 Å². The Balaban J connectivity index is 1.57. The van der Waals surface area contributed by atoms with Gasteiger partial charge in [-0.15, -0.1) is 0 Å². The van der Waals surface area contributed by atoms with Gasteiger partial charge in [-0.1, -0.05) is 60.7 Å².